The molecule has 1 saturated heterocycles. The first-order valence-electron chi connectivity index (χ1n) is 7.50. The van der Waals surface area contributed by atoms with Crippen LogP contribution in [-0.4, -0.2) is 55.6 Å². The number of aliphatic carboxylic acids is 2. The van der Waals surface area contributed by atoms with E-state index in [9.17, 15) is 26.3 Å². The van der Waals surface area contributed by atoms with E-state index in [2.05, 4.69) is 35.6 Å². The van der Waals surface area contributed by atoms with E-state index in [4.69, 9.17) is 19.8 Å². The second-order valence-corrected chi connectivity index (χ2v) is 5.25. The van der Waals surface area contributed by atoms with Gasteiger partial charge in [0, 0.05) is 18.7 Å². The molecular weight excluding hydrogens is 386 g/mol. The van der Waals surface area contributed by atoms with Gasteiger partial charge in [0.15, 0.2) is 0 Å². The summed E-state index contributed by atoms with van der Waals surface area (Å²) in [5, 5.41) is 19.3. The SMILES string of the molecule is O=C(O)C(F)(F)F.O=C([O-])C(F)(F)F.c1ccc(C[NH+]2CCNCC2)cc1. The van der Waals surface area contributed by atoms with Crippen molar-refractivity contribution in [1.82, 2.24) is 5.32 Å². The molecule has 154 valence electrons. The van der Waals surface area contributed by atoms with Gasteiger partial charge in [-0.3, -0.25) is 0 Å². The quantitative estimate of drug-likeness (QED) is 0.584. The van der Waals surface area contributed by atoms with Crippen LogP contribution in [0.3, 0.4) is 0 Å². The number of rotatable bonds is 2. The lowest BCUT2D eigenvalue weighted by Gasteiger charge is -2.24. The maximum absolute atomic E-state index is 10.6. The van der Waals surface area contributed by atoms with Gasteiger partial charge in [-0.25, -0.2) is 4.79 Å². The van der Waals surface area contributed by atoms with Crippen molar-refractivity contribution in [3.8, 4) is 0 Å². The highest BCUT2D eigenvalue weighted by Gasteiger charge is 2.38. The van der Waals surface area contributed by atoms with Crippen molar-refractivity contribution in [3.05, 3.63) is 35.9 Å². The molecule has 3 N–H and O–H groups in total. The number of hydrogen-bond acceptors (Lipinski definition) is 4. The first-order chi connectivity index (χ1) is 12.3. The maximum atomic E-state index is 10.6. The summed E-state index contributed by atoms with van der Waals surface area (Å²) < 4.78 is 63.3. The molecule has 1 heterocycles. The summed E-state index contributed by atoms with van der Waals surface area (Å²) in [6.45, 7) is 6.04. The lowest BCUT2D eigenvalue weighted by Crippen LogP contribution is -3.13. The molecule has 0 unspecified atom stereocenters. The molecule has 0 spiro atoms. The summed E-state index contributed by atoms with van der Waals surface area (Å²) in [7, 11) is 0. The van der Waals surface area contributed by atoms with Crippen LogP contribution < -0.4 is 15.3 Å². The fourth-order valence-corrected chi connectivity index (χ4v) is 1.84. The first-order valence-corrected chi connectivity index (χ1v) is 7.50. The van der Waals surface area contributed by atoms with Crippen LogP contribution >= 0.6 is 0 Å². The van der Waals surface area contributed by atoms with Gasteiger partial charge in [-0.05, 0) is 0 Å². The molecule has 0 saturated carbocycles. The Morgan fingerprint density at radius 3 is 1.74 bits per heavy atom. The summed E-state index contributed by atoms with van der Waals surface area (Å²) in [5.41, 5.74) is 1.46. The number of halogens is 6. The van der Waals surface area contributed by atoms with E-state index in [1.807, 2.05) is 0 Å². The Balaban J connectivity index is 0.000000416. The predicted molar refractivity (Wildman–Crippen MR) is 78.5 cm³/mol. The molecule has 1 fully saturated rings. The van der Waals surface area contributed by atoms with Crippen molar-refractivity contribution in [3.63, 3.8) is 0 Å². The smallest absolute Gasteiger partial charge is 0.490 e. The van der Waals surface area contributed by atoms with Crippen LogP contribution in [-0.2, 0) is 16.1 Å². The highest BCUT2D eigenvalue weighted by molar-refractivity contribution is 5.73. The fourth-order valence-electron chi connectivity index (χ4n) is 1.84. The van der Waals surface area contributed by atoms with E-state index in [1.54, 1.807) is 4.90 Å². The standard InChI is InChI=1S/C11H16N2.2C2HF3O2/c1-2-4-11(5-3-1)10-13-8-6-12-7-9-13;2*3-2(4,5)1(6)7/h1-5,12H,6-10H2;2*(H,6,7). The van der Waals surface area contributed by atoms with Gasteiger partial charge in [0.2, 0.25) is 0 Å². The van der Waals surface area contributed by atoms with E-state index in [-0.39, 0.29) is 0 Å². The normalized spacial score (nSPS) is 14.9. The van der Waals surface area contributed by atoms with Crippen molar-refractivity contribution in [1.29, 1.82) is 0 Å². The maximum Gasteiger partial charge on any atom is 0.490 e. The summed E-state index contributed by atoms with van der Waals surface area (Å²) in [4.78, 5) is 19.4. The summed E-state index contributed by atoms with van der Waals surface area (Å²) in [6, 6.07) is 10.8. The Morgan fingerprint density at radius 1 is 1.00 bits per heavy atom. The molecule has 12 heteroatoms. The number of carbonyl (C=O) groups is 2. The van der Waals surface area contributed by atoms with Crippen LogP contribution in [0.1, 0.15) is 5.56 Å². The zero-order chi connectivity index (χ0) is 21.1. The molecule has 1 aromatic rings. The Kier molecular flexibility index (Phi) is 10.4. The number of piperazine rings is 1. The summed E-state index contributed by atoms with van der Waals surface area (Å²) in [6.07, 6.45) is -10.3. The van der Waals surface area contributed by atoms with E-state index >= 15 is 0 Å². The lowest BCUT2D eigenvalue weighted by molar-refractivity contribution is -0.915. The molecule has 1 aliphatic heterocycles. The van der Waals surface area contributed by atoms with Crippen LogP contribution in [0.2, 0.25) is 0 Å². The number of carboxylic acid groups (broad SMARTS) is 2. The van der Waals surface area contributed by atoms with Crippen LogP contribution in [0, 0.1) is 0 Å². The third-order valence-corrected chi connectivity index (χ3v) is 3.08. The van der Waals surface area contributed by atoms with E-state index in [1.165, 1.54) is 38.3 Å². The number of hydrogen-bond donors (Lipinski definition) is 3. The molecular formula is C15H18F6N2O4. The highest BCUT2D eigenvalue weighted by Crippen LogP contribution is 2.13. The van der Waals surface area contributed by atoms with Gasteiger partial charge in [-0.15, -0.1) is 0 Å². The molecule has 0 aliphatic carbocycles. The second kappa shape index (κ2) is 11.4. The van der Waals surface area contributed by atoms with Crippen molar-refractivity contribution < 1.29 is 51.0 Å². The van der Waals surface area contributed by atoms with Crippen LogP contribution in [0.4, 0.5) is 26.3 Å². The van der Waals surface area contributed by atoms with Gasteiger partial charge in [-0.2, -0.15) is 26.3 Å². The number of carboxylic acids is 2. The van der Waals surface area contributed by atoms with Crippen molar-refractivity contribution in [2.24, 2.45) is 0 Å². The monoisotopic (exact) mass is 404 g/mol. The average Bonchev–Trinajstić information content (AvgIpc) is 2.56. The van der Waals surface area contributed by atoms with Gasteiger partial charge >= 0.3 is 18.3 Å². The third-order valence-electron chi connectivity index (χ3n) is 3.08. The van der Waals surface area contributed by atoms with Crippen LogP contribution in [0.25, 0.3) is 0 Å². The minimum Gasteiger partial charge on any atom is -0.542 e. The third kappa shape index (κ3) is 12.6. The Hall–Kier alpha value is -2.34. The molecule has 1 aromatic carbocycles. The van der Waals surface area contributed by atoms with Crippen molar-refractivity contribution >= 4 is 11.9 Å². The topological polar surface area (TPSA) is 93.9 Å². The number of benzene rings is 1. The summed E-state index contributed by atoms with van der Waals surface area (Å²) in [5.74, 6) is -5.76. The zero-order valence-electron chi connectivity index (χ0n) is 13.9. The number of nitrogens with one attached hydrogen (secondary N) is 2. The number of quaternary nitrogens is 1. The molecule has 2 rings (SSSR count). The lowest BCUT2D eigenvalue weighted by atomic mass is 10.2. The van der Waals surface area contributed by atoms with Crippen molar-refractivity contribution in [2.45, 2.75) is 18.9 Å². The minimum absolute atomic E-state index is 1.17. The first kappa shape index (κ1) is 24.7. The fraction of sp³-hybridized carbons (Fsp3) is 0.467. The van der Waals surface area contributed by atoms with Gasteiger partial charge in [0.25, 0.3) is 0 Å². The second-order valence-electron chi connectivity index (χ2n) is 5.25. The van der Waals surface area contributed by atoms with E-state index in [0.717, 1.165) is 0 Å². The molecule has 0 aromatic heterocycles. The Morgan fingerprint density at radius 2 is 1.41 bits per heavy atom. The minimum atomic E-state index is -5.19. The van der Waals surface area contributed by atoms with Gasteiger partial charge in [0.1, 0.15) is 12.5 Å². The van der Waals surface area contributed by atoms with Gasteiger partial charge < -0.3 is 25.2 Å². The number of alkyl halides is 6. The highest BCUT2D eigenvalue weighted by atomic mass is 19.4. The average molecular weight is 404 g/mol. The van der Waals surface area contributed by atoms with Crippen LogP contribution in [0.15, 0.2) is 30.3 Å². The van der Waals surface area contributed by atoms with E-state index < -0.39 is 24.3 Å². The molecule has 0 atom stereocenters. The van der Waals surface area contributed by atoms with Crippen molar-refractivity contribution in [2.75, 3.05) is 26.2 Å². The Labute approximate surface area is 150 Å². The van der Waals surface area contributed by atoms with Gasteiger partial charge in [-0.1, -0.05) is 30.3 Å². The number of carbonyl (C=O) groups excluding carboxylic acids is 1. The predicted octanol–water partition coefficient (Wildman–Crippen LogP) is -0.393. The summed E-state index contributed by atoms with van der Waals surface area (Å²) >= 11 is 0. The molecule has 0 amide bonds. The van der Waals surface area contributed by atoms with Crippen LogP contribution in [0.5, 0.6) is 0 Å². The van der Waals surface area contributed by atoms with Gasteiger partial charge in [0.05, 0.1) is 13.1 Å². The molecule has 1 aliphatic rings. The molecule has 0 bridgehead atoms. The Bertz CT molecular complexity index is 548. The molecule has 27 heavy (non-hydrogen) atoms. The zero-order valence-corrected chi connectivity index (χ0v) is 13.9. The molecule has 0 radical (unpaired) electrons. The van der Waals surface area contributed by atoms with E-state index in [0.29, 0.717) is 0 Å². The molecule has 6 nitrogen and oxygen atoms in total. The largest absolute Gasteiger partial charge is 0.542 e.